The molecule has 0 unspecified atom stereocenters. The smallest absolute Gasteiger partial charge is 0.359 e. The SMILES string of the molecule is COc1ccc([I+]c2ccc(C(=O)Nc3nc4ccc(OC)cc4s3)nc2)cc1.Cc1ccc(S(=O)(=O)[O-])cc1. The van der Waals surface area contributed by atoms with Crippen LogP contribution in [0.25, 0.3) is 10.2 Å². The number of ether oxygens (including phenoxy) is 2. The molecule has 0 fully saturated rings. The fourth-order valence-electron chi connectivity index (χ4n) is 3.28. The second-order valence-electron chi connectivity index (χ2n) is 8.19. The number of nitrogens with one attached hydrogen (secondary N) is 1. The number of thiazole rings is 1. The summed E-state index contributed by atoms with van der Waals surface area (Å²) in [5.41, 5.74) is 2.11. The van der Waals surface area contributed by atoms with E-state index in [1.54, 1.807) is 38.6 Å². The molecule has 1 amide bonds. The van der Waals surface area contributed by atoms with Crippen molar-refractivity contribution in [1.29, 1.82) is 0 Å². The Morgan fingerprint density at radius 2 is 1.55 bits per heavy atom. The summed E-state index contributed by atoms with van der Waals surface area (Å²) in [5.74, 6) is 1.33. The summed E-state index contributed by atoms with van der Waals surface area (Å²) in [5, 5.41) is 3.36. The maximum Gasteiger partial charge on any atom is 0.359 e. The maximum absolute atomic E-state index is 12.5. The standard InChI is InChI=1S/C21H16IN3O3S.C7H8O3S/c1-27-15-6-3-13(4-7-15)22-14-5-9-18(23-12-14)20(26)25-21-24-17-10-8-16(28-2)11-19(17)29-21;1-6-2-4-7(5-3-6)11(8,9)10/h3-12H,1-2H3;2-5H,1H3,(H,8,9,10). The van der Waals surface area contributed by atoms with Crippen molar-refractivity contribution in [3.63, 3.8) is 0 Å². The van der Waals surface area contributed by atoms with E-state index in [-0.39, 0.29) is 32.0 Å². The van der Waals surface area contributed by atoms with Crippen LogP contribution in [0.5, 0.6) is 11.5 Å². The molecule has 5 aromatic rings. The zero-order chi connectivity index (χ0) is 28.7. The van der Waals surface area contributed by atoms with E-state index in [0.717, 1.165) is 30.8 Å². The van der Waals surface area contributed by atoms with Gasteiger partial charge in [-0.05, 0) is 73.7 Å². The van der Waals surface area contributed by atoms with Crippen molar-refractivity contribution in [2.24, 2.45) is 0 Å². The highest BCUT2D eigenvalue weighted by molar-refractivity contribution is 7.85. The number of halogens is 1. The first kappa shape index (κ1) is 29.4. The Bertz CT molecular complexity index is 1710. The van der Waals surface area contributed by atoms with E-state index in [1.165, 1.54) is 27.0 Å². The van der Waals surface area contributed by atoms with Crippen LogP contribution in [-0.2, 0) is 10.1 Å². The van der Waals surface area contributed by atoms with Gasteiger partial charge in [-0.15, -0.1) is 0 Å². The van der Waals surface area contributed by atoms with E-state index in [0.29, 0.717) is 10.8 Å². The number of amides is 1. The van der Waals surface area contributed by atoms with Gasteiger partial charge in [0, 0.05) is 0 Å². The predicted molar refractivity (Wildman–Crippen MR) is 148 cm³/mol. The van der Waals surface area contributed by atoms with Crippen molar-refractivity contribution in [2.45, 2.75) is 11.8 Å². The largest absolute Gasteiger partial charge is 0.744 e. The third-order valence-corrected chi connectivity index (χ3v) is 9.74. The lowest BCUT2D eigenvalue weighted by molar-refractivity contribution is -0.597. The number of nitrogens with zero attached hydrogens (tertiary/aromatic N) is 2. The molecular weight excluding hydrogens is 665 g/mol. The molecular formula is C28H24IN3O6S2. The molecule has 0 saturated heterocycles. The van der Waals surface area contributed by atoms with Gasteiger partial charge in [0.15, 0.2) is 8.70 Å². The zero-order valence-corrected chi connectivity index (χ0v) is 25.4. The summed E-state index contributed by atoms with van der Waals surface area (Å²) in [6.45, 7) is 1.82. The van der Waals surface area contributed by atoms with Crippen LogP contribution in [0, 0.1) is 14.1 Å². The number of aromatic nitrogens is 2. The normalized spacial score (nSPS) is 10.9. The summed E-state index contributed by atoms with van der Waals surface area (Å²) >= 11 is 1.04. The predicted octanol–water partition coefficient (Wildman–Crippen LogP) is 1.99. The molecule has 40 heavy (non-hydrogen) atoms. The first-order valence-corrected chi connectivity index (χ1v) is 16.1. The minimum atomic E-state index is -4.27. The van der Waals surface area contributed by atoms with Gasteiger partial charge in [0.1, 0.15) is 27.3 Å². The van der Waals surface area contributed by atoms with Crippen LogP contribution in [0.4, 0.5) is 5.13 Å². The fourth-order valence-corrected chi connectivity index (χ4v) is 6.71. The molecule has 0 radical (unpaired) electrons. The molecule has 0 atom stereocenters. The summed E-state index contributed by atoms with van der Waals surface area (Å²) in [6, 6.07) is 23.2. The summed E-state index contributed by atoms with van der Waals surface area (Å²) in [7, 11) is -0.992. The quantitative estimate of drug-likeness (QED) is 0.203. The molecule has 206 valence electrons. The Morgan fingerprint density at radius 1 is 0.900 bits per heavy atom. The number of hydrogen-bond donors (Lipinski definition) is 1. The zero-order valence-electron chi connectivity index (χ0n) is 21.6. The number of pyridine rings is 1. The number of aryl methyl sites for hydroxylation is 1. The fraction of sp³-hybridized carbons (Fsp3) is 0.107. The van der Waals surface area contributed by atoms with Gasteiger partial charge in [0.2, 0.25) is 3.57 Å². The highest BCUT2D eigenvalue weighted by Gasteiger charge is 2.18. The van der Waals surface area contributed by atoms with E-state index in [1.807, 2.05) is 43.3 Å². The first-order chi connectivity index (χ1) is 19.1. The van der Waals surface area contributed by atoms with Crippen molar-refractivity contribution in [3.05, 3.63) is 103 Å². The van der Waals surface area contributed by atoms with Crippen molar-refractivity contribution < 1.29 is 48.4 Å². The van der Waals surface area contributed by atoms with Crippen LogP contribution in [0.15, 0.2) is 90.0 Å². The number of fused-ring (bicyclic) bond motifs is 1. The molecule has 12 heteroatoms. The van der Waals surface area contributed by atoms with Gasteiger partial charge >= 0.3 is 21.2 Å². The summed E-state index contributed by atoms with van der Waals surface area (Å²) in [6.07, 6.45) is 1.77. The Kier molecular flexibility index (Phi) is 9.68. The number of methoxy groups -OCH3 is 2. The molecule has 0 aliphatic rings. The van der Waals surface area contributed by atoms with Crippen LogP contribution in [-0.4, -0.2) is 43.1 Å². The van der Waals surface area contributed by atoms with Gasteiger partial charge in [-0.2, -0.15) is 0 Å². The summed E-state index contributed by atoms with van der Waals surface area (Å²) < 4.78 is 44.9. The van der Waals surface area contributed by atoms with Crippen LogP contribution in [0.1, 0.15) is 16.1 Å². The molecule has 0 saturated carbocycles. The van der Waals surface area contributed by atoms with Gasteiger partial charge in [-0.25, -0.2) is 18.4 Å². The monoisotopic (exact) mass is 689 g/mol. The van der Waals surface area contributed by atoms with E-state index >= 15 is 0 Å². The third-order valence-electron chi connectivity index (χ3n) is 5.35. The first-order valence-electron chi connectivity index (χ1n) is 11.7. The van der Waals surface area contributed by atoms with Gasteiger partial charge < -0.3 is 14.0 Å². The molecule has 3 aromatic carbocycles. The van der Waals surface area contributed by atoms with Crippen molar-refractivity contribution in [2.75, 3.05) is 19.5 Å². The molecule has 1 N–H and O–H groups in total. The maximum atomic E-state index is 12.5. The highest BCUT2D eigenvalue weighted by Crippen LogP contribution is 2.29. The van der Waals surface area contributed by atoms with Crippen molar-refractivity contribution in [3.8, 4) is 11.5 Å². The third kappa shape index (κ3) is 7.97. The molecule has 0 aliphatic heterocycles. The molecule has 9 nitrogen and oxygen atoms in total. The van der Waals surface area contributed by atoms with Crippen molar-refractivity contribution in [1.82, 2.24) is 9.97 Å². The van der Waals surface area contributed by atoms with Crippen molar-refractivity contribution >= 4 is 42.7 Å². The van der Waals surface area contributed by atoms with E-state index in [9.17, 15) is 17.8 Å². The number of anilines is 1. The topological polar surface area (TPSA) is 131 Å². The minimum absolute atomic E-state index is 0.178. The number of hydrogen-bond acceptors (Lipinski definition) is 9. The Labute approximate surface area is 246 Å². The lowest BCUT2D eigenvalue weighted by Crippen LogP contribution is -3.61. The van der Waals surface area contributed by atoms with Gasteiger partial charge in [-0.3, -0.25) is 10.1 Å². The highest BCUT2D eigenvalue weighted by atomic mass is 127. The molecule has 5 rings (SSSR count). The van der Waals surface area contributed by atoms with Gasteiger partial charge in [0.05, 0.1) is 35.5 Å². The Balaban J connectivity index is 0.000000283. The molecule has 0 aliphatic carbocycles. The van der Waals surface area contributed by atoms with Crippen LogP contribution >= 0.6 is 11.3 Å². The second-order valence-corrected chi connectivity index (χ2v) is 13.6. The number of carbonyl (C=O) groups is 1. The van der Waals surface area contributed by atoms with Crippen LogP contribution in [0.3, 0.4) is 0 Å². The average molecular weight is 690 g/mol. The molecule has 2 aromatic heterocycles. The minimum Gasteiger partial charge on any atom is -0.744 e. The molecule has 0 spiro atoms. The van der Waals surface area contributed by atoms with E-state index in [2.05, 4.69) is 27.4 Å². The van der Waals surface area contributed by atoms with Gasteiger partial charge in [0.25, 0.3) is 5.91 Å². The lowest BCUT2D eigenvalue weighted by Gasteiger charge is -2.05. The van der Waals surface area contributed by atoms with E-state index < -0.39 is 10.1 Å². The van der Waals surface area contributed by atoms with Gasteiger partial charge in [-0.1, -0.05) is 29.0 Å². The molecule has 2 heterocycles. The van der Waals surface area contributed by atoms with Crippen LogP contribution < -0.4 is 36.0 Å². The molecule has 0 bridgehead atoms. The average Bonchev–Trinajstić information content (AvgIpc) is 3.35. The number of carbonyl (C=O) groups excluding carboxylic acids is 1. The Morgan fingerprint density at radius 3 is 2.15 bits per heavy atom. The lowest BCUT2D eigenvalue weighted by atomic mass is 10.2. The van der Waals surface area contributed by atoms with Crippen LogP contribution in [0.2, 0.25) is 0 Å². The summed E-state index contributed by atoms with van der Waals surface area (Å²) in [4.78, 5) is 21.1. The van der Waals surface area contributed by atoms with E-state index in [4.69, 9.17) is 9.47 Å². The second kappa shape index (κ2) is 13.2. The Hall–Kier alpha value is -3.59. The number of rotatable bonds is 7. The number of benzene rings is 3.